The molecule has 5 nitrogen and oxygen atoms in total. The summed E-state index contributed by atoms with van der Waals surface area (Å²) in [7, 11) is 1.61. The standard InChI is InChI=1S/C15H20N2O3/c1-20-13-4-2-11(3-5-13)10-14(18)17-8-6-12(7-9-17)15(16)19/h2-5,12H,6-10H2,1H3,(H2,16,19). The quantitative estimate of drug-likeness (QED) is 0.890. The van der Waals surface area contributed by atoms with Crippen molar-refractivity contribution in [1.29, 1.82) is 0 Å². The molecular weight excluding hydrogens is 256 g/mol. The van der Waals surface area contributed by atoms with Crippen molar-refractivity contribution in [3.8, 4) is 5.75 Å². The Kier molecular flexibility index (Phi) is 4.61. The number of benzene rings is 1. The Labute approximate surface area is 118 Å². The molecule has 0 radical (unpaired) electrons. The molecule has 0 spiro atoms. The lowest BCUT2D eigenvalue weighted by molar-refractivity contribution is -0.134. The maximum absolute atomic E-state index is 12.2. The first kappa shape index (κ1) is 14.4. The smallest absolute Gasteiger partial charge is 0.226 e. The molecule has 1 aliphatic heterocycles. The molecule has 0 atom stereocenters. The maximum Gasteiger partial charge on any atom is 0.226 e. The highest BCUT2D eigenvalue weighted by Gasteiger charge is 2.25. The summed E-state index contributed by atoms with van der Waals surface area (Å²) in [6, 6.07) is 7.49. The van der Waals surface area contributed by atoms with Gasteiger partial charge in [0.15, 0.2) is 0 Å². The Bertz CT molecular complexity index is 476. The zero-order valence-electron chi connectivity index (χ0n) is 11.7. The Balaban J connectivity index is 1.87. The average molecular weight is 276 g/mol. The van der Waals surface area contributed by atoms with Crippen molar-refractivity contribution in [3.63, 3.8) is 0 Å². The number of rotatable bonds is 4. The average Bonchev–Trinajstić information content (AvgIpc) is 2.48. The van der Waals surface area contributed by atoms with Gasteiger partial charge in [-0.1, -0.05) is 12.1 Å². The highest BCUT2D eigenvalue weighted by atomic mass is 16.5. The van der Waals surface area contributed by atoms with Gasteiger partial charge < -0.3 is 15.4 Å². The lowest BCUT2D eigenvalue weighted by Gasteiger charge is -2.30. The predicted octanol–water partition coefficient (Wildman–Crippen LogP) is 0.962. The van der Waals surface area contributed by atoms with Gasteiger partial charge in [0.05, 0.1) is 13.5 Å². The number of amides is 2. The molecule has 5 heteroatoms. The second-order valence-electron chi connectivity index (χ2n) is 5.08. The number of nitrogens with zero attached hydrogens (tertiary/aromatic N) is 1. The van der Waals surface area contributed by atoms with E-state index in [2.05, 4.69) is 0 Å². The van der Waals surface area contributed by atoms with Gasteiger partial charge in [0.2, 0.25) is 11.8 Å². The number of likely N-dealkylation sites (tertiary alicyclic amines) is 1. The Hall–Kier alpha value is -2.04. The van der Waals surface area contributed by atoms with Crippen LogP contribution in [0.4, 0.5) is 0 Å². The molecule has 0 unspecified atom stereocenters. The second-order valence-corrected chi connectivity index (χ2v) is 5.08. The molecule has 0 bridgehead atoms. The molecule has 0 aliphatic carbocycles. The van der Waals surface area contributed by atoms with Crippen LogP contribution in [0.1, 0.15) is 18.4 Å². The third kappa shape index (κ3) is 3.50. The van der Waals surface area contributed by atoms with Gasteiger partial charge in [0.25, 0.3) is 0 Å². The lowest BCUT2D eigenvalue weighted by atomic mass is 9.96. The van der Waals surface area contributed by atoms with E-state index >= 15 is 0 Å². The van der Waals surface area contributed by atoms with Crippen LogP contribution in [-0.2, 0) is 16.0 Å². The van der Waals surface area contributed by atoms with Crippen LogP contribution < -0.4 is 10.5 Å². The zero-order chi connectivity index (χ0) is 14.5. The Morgan fingerprint density at radius 1 is 1.25 bits per heavy atom. The van der Waals surface area contributed by atoms with Crippen molar-refractivity contribution in [2.75, 3.05) is 20.2 Å². The number of nitrogens with two attached hydrogens (primary N) is 1. The van der Waals surface area contributed by atoms with Gasteiger partial charge in [-0.05, 0) is 30.5 Å². The summed E-state index contributed by atoms with van der Waals surface area (Å²) in [4.78, 5) is 25.1. The van der Waals surface area contributed by atoms with E-state index in [1.807, 2.05) is 29.2 Å². The van der Waals surface area contributed by atoms with Gasteiger partial charge in [-0.25, -0.2) is 0 Å². The Morgan fingerprint density at radius 3 is 2.35 bits per heavy atom. The number of ether oxygens (including phenoxy) is 1. The molecule has 0 aromatic heterocycles. The van der Waals surface area contributed by atoms with Gasteiger partial charge >= 0.3 is 0 Å². The van der Waals surface area contributed by atoms with E-state index in [-0.39, 0.29) is 17.7 Å². The van der Waals surface area contributed by atoms with Crippen molar-refractivity contribution in [1.82, 2.24) is 4.90 Å². The fraction of sp³-hybridized carbons (Fsp3) is 0.467. The van der Waals surface area contributed by atoms with E-state index in [4.69, 9.17) is 10.5 Å². The Morgan fingerprint density at radius 2 is 1.85 bits per heavy atom. The van der Waals surface area contributed by atoms with Crippen molar-refractivity contribution in [3.05, 3.63) is 29.8 Å². The predicted molar refractivity (Wildman–Crippen MR) is 75.2 cm³/mol. The number of hydrogen-bond acceptors (Lipinski definition) is 3. The molecular formula is C15H20N2O3. The molecule has 1 heterocycles. The van der Waals surface area contributed by atoms with Crippen LogP contribution in [0, 0.1) is 5.92 Å². The van der Waals surface area contributed by atoms with Crippen molar-refractivity contribution >= 4 is 11.8 Å². The molecule has 2 amide bonds. The van der Waals surface area contributed by atoms with Gasteiger partial charge in [0.1, 0.15) is 5.75 Å². The first-order valence-corrected chi connectivity index (χ1v) is 6.80. The minimum absolute atomic E-state index is 0.0833. The first-order chi connectivity index (χ1) is 9.60. The molecule has 2 rings (SSSR count). The van der Waals surface area contributed by atoms with E-state index in [9.17, 15) is 9.59 Å². The van der Waals surface area contributed by atoms with Gasteiger partial charge in [0, 0.05) is 19.0 Å². The third-order valence-electron chi connectivity index (χ3n) is 3.76. The second kappa shape index (κ2) is 6.41. The van der Waals surface area contributed by atoms with Crippen molar-refractivity contribution in [2.45, 2.75) is 19.3 Å². The van der Waals surface area contributed by atoms with E-state index in [0.29, 0.717) is 32.4 Å². The third-order valence-corrected chi connectivity index (χ3v) is 3.76. The van der Waals surface area contributed by atoms with E-state index in [0.717, 1.165) is 11.3 Å². The summed E-state index contributed by atoms with van der Waals surface area (Å²) in [5, 5.41) is 0. The van der Waals surface area contributed by atoms with Crippen LogP contribution in [0.2, 0.25) is 0 Å². The molecule has 1 aliphatic rings. The number of methoxy groups -OCH3 is 1. The van der Waals surface area contributed by atoms with Gasteiger partial charge in [-0.2, -0.15) is 0 Å². The van der Waals surface area contributed by atoms with Gasteiger partial charge in [-0.15, -0.1) is 0 Å². The minimum Gasteiger partial charge on any atom is -0.497 e. The number of primary amides is 1. The fourth-order valence-corrected chi connectivity index (χ4v) is 2.44. The topological polar surface area (TPSA) is 72.6 Å². The van der Waals surface area contributed by atoms with Crippen LogP contribution in [0.15, 0.2) is 24.3 Å². The summed E-state index contributed by atoms with van der Waals surface area (Å²) in [5.74, 6) is 0.536. The molecule has 1 aromatic carbocycles. The molecule has 1 fully saturated rings. The molecule has 2 N–H and O–H groups in total. The van der Waals surface area contributed by atoms with Crippen molar-refractivity contribution in [2.24, 2.45) is 11.7 Å². The molecule has 1 aromatic rings. The highest BCUT2D eigenvalue weighted by Crippen LogP contribution is 2.18. The highest BCUT2D eigenvalue weighted by molar-refractivity contribution is 5.80. The van der Waals surface area contributed by atoms with E-state index in [1.165, 1.54) is 0 Å². The summed E-state index contributed by atoms with van der Waals surface area (Å²) < 4.78 is 5.09. The maximum atomic E-state index is 12.2. The monoisotopic (exact) mass is 276 g/mol. The van der Waals surface area contributed by atoms with Crippen LogP contribution in [0.25, 0.3) is 0 Å². The minimum atomic E-state index is -0.257. The first-order valence-electron chi connectivity index (χ1n) is 6.80. The summed E-state index contributed by atoms with van der Waals surface area (Å²) in [6.07, 6.45) is 1.72. The normalized spacial score (nSPS) is 15.9. The van der Waals surface area contributed by atoms with E-state index in [1.54, 1.807) is 7.11 Å². The number of piperidine rings is 1. The molecule has 20 heavy (non-hydrogen) atoms. The summed E-state index contributed by atoms with van der Waals surface area (Å²) in [6.45, 7) is 1.23. The van der Waals surface area contributed by atoms with Crippen LogP contribution in [-0.4, -0.2) is 36.9 Å². The largest absolute Gasteiger partial charge is 0.497 e. The number of carbonyl (C=O) groups excluding carboxylic acids is 2. The zero-order valence-corrected chi connectivity index (χ0v) is 11.7. The molecule has 1 saturated heterocycles. The van der Waals surface area contributed by atoms with Crippen molar-refractivity contribution < 1.29 is 14.3 Å². The summed E-state index contributed by atoms with van der Waals surface area (Å²) >= 11 is 0. The SMILES string of the molecule is COc1ccc(CC(=O)N2CCC(C(N)=O)CC2)cc1. The van der Waals surface area contributed by atoms with Crippen LogP contribution in [0.3, 0.4) is 0 Å². The van der Waals surface area contributed by atoms with Gasteiger partial charge in [-0.3, -0.25) is 9.59 Å². The fourth-order valence-electron chi connectivity index (χ4n) is 2.44. The number of carbonyl (C=O) groups is 2. The van der Waals surface area contributed by atoms with E-state index < -0.39 is 0 Å². The molecule has 108 valence electrons. The number of hydrogen-bond donors (Lipinski definition) is 1. The van der Waals surface area contributed by atoms with Crippen LogP contribution in [0.5, 0.6) is 5.75 Å². The summed E-state index contributed by atoms with van der Waals surface area (Å²) in [5.41, 5.74) is 6.25. The molecule has 0 saturated carbocycles. The lowest BCUT2D eigenvalue weighted by Crippen LogP contribution is -2.42. The van der Waals surface area contributed by atoms with Crippen LogP contribution >= 0.6 is 0 Å².